The molecule has 2 rings (SSSR count). The second-order valence-corrected chi connectivity index (χ2v) is 6.14. The molecule has 0 spiro atoms. The lowest BCUT2D eigenvalue weighted by Gasteiger charge is -2.13. The van der Waals surface area contributed by atoms with Crippen LogP contribution in [0.1, 0.15) is 41.6 Å². The summed E-state index contributed by atoms with van der Waals surface area (Å²) in [6.45, 7) is 4.40. The van der Waals surface area contributed by atoms with E-state index < -0.39 is 0 Å². The molecule has 5 nitrogen and oxygen atoms in total. The maximum Gasteiger partial charge on any atom is 0.273 e. The summed E-state index contributed by atoms with van der Waals surface area (Å²) in [6, 6.07) is 3.69. The van der Waals surface area contributed by atoms with E-state index in [0.717, 1.165) is 6.42 Å². The second kappa shape index (κ2) is 7.38. The van der Waals surface area contributed by atoms with E-state index >= 15 is 0 Å². The molecule has 0 saturated carbocycles. The maximum absolute atomic E-state index is 12.0. The molecule has 1 atom stereocenters. The van der Waals surface area contributed by atoms with Gasteiger partial charge in [-0.1, -0.05) is 19.0 Å². The van der Waals surface area contributed by atoms with E-state index in [4.69, 9.17) is 4.52 Å². The molecule has 2 aromatic heterocycles. The van der Waals surface area contributed by atoms with Crippen molar-refractivity contribution in [2.45, 2.75) is 26.2 Å². The monoisotopic (exact) mass is 308 g/mol. The minimum absolute atomic E-state index is 0.0000187. The van der Waals surface area contributed by atoms with Crippen molar-refractivity contribution in [3.8, 4) is 0 Å². The molecule has 1 amide bonds. The molecule has 114 valence electrons. The van der Waals surface area contributed by atoms with E-state index in [9.17, 15) is 9.90 Å². The summed E-state index contributed by atoms with van der Waals surface area (Å²) in [5.74, 6) is 0.620. The molecule has 2 aromatic rings. The highest BCUT2D eigenvalue weighted by Gasteiger charge is 2.16. The van der Waals surface area contributed by atoms with E-state index in [1.54, 1.807) is 17.4 Å². The first-order valence-electron chi connectivity index (χ1n) is 6.97. The largest absolute Gasteiger partial charge is 0.396 e. The van der Waals surface area contributed by atoms with Crippen LogP contribution in [0.2, 0.25) is 0 Å². The van der Waals surface area contributed by atoms with Gasteiger partial charge in [-0.15, -0.1) is 0 Å². The zero-order chi connectivity index (χ0) is 15.2. The molecule has 0 unspecified atom stereocenters. The molecule has 0 aliphatic rings. The van der Waals surface area contributed by atoms with Crippen molar-refractivity contribution >= 4 is 17.2 Å². The Balaban J connectivity index is 1.86. The van der Waals surface area contributed by atoms with Crippen LogP contribution < -0.4 is 5.32 Å². The third kappa shape index (κ3) is 4.41. The quantitative estimate of drug-likeness (QED) is 0.824. The Morgan fingerprint density at radius 2 is 2.33 bits per heavy atom. The molecular formula is C15H20N2O3S. The lowest BCUT2D eigenvalue weighted by Crippen LogP contribution is -2.32. The van der Waals surface area contributed by atoms with Crippen LogP contribution in [-0.4, -0.2) is 29.3 Å². The van der Waals surface area contributed by atoms with Crippen LogP contribution in [0.5, 0.6) is 0 Å². The van der Waals surface area contributed by atoms with Gasteiger partial charge in [0.05, 0.1) is 0 Å². The van der Waals surface area contributed by atoms with E-state index in [1.165, 1.54) is 5.56 Å². The van der Waals surface area contributed by atoms with Crippen LogP contribution in [-0.2, 0) is 6.42 Å². The normalized spacial score (nSPS) is 12.6. The summed E-state index contributed by atoms with van der Waals surface area (Å²) in [5, 5.41) is 20.0. The molecular weight excluding hydrogens is 288 g/mol. The van der Waals surface area contributed by atoms with Gasteiger partial charge in [0.15, 0.2) is 5.69 Å². The van der Waals surface area contributed by atoms with Gasteiger partial charge in [-0.25, -0.2) is 0 Å². The predicted molar refractivity (Wildman–Crippen MR) is 81.5 cm³/mol. The van der Waals surface area contributed by atoms with Crippen LogP contribution in [0.4, 0.5) is 0 Å². The lowest BCUT2D eigenvalue weighted by atomic mass is 10.0. The smallest absolute Gasteiger partial charge is 0.273 e. The molecule has 0 bridgehead atoms. The molecule has 21 heavy (non-hydrogen) atoms. The van der Waals surface area contributed by atoms with Crippen molar-refractivity contribution in [2.24, 2.45) is 5.92 Å². The van der Waals surface area contributed by atoms with Gasteiger partial charge >= 0.3 is 0 Å². The zero-order valence-electron chi connectivity index (χ0n) is 12.2. The number of hydrogen-bond donors (Lipinski definition) is 2. The van der Waals surface area contributed by atoms with E-state index in [-0.39, 0.29) is 30.0 Å². The Kier molecular flexibility index (Phi) is 5.52. The summed E-state index contributed by atoms with van der Waals surface area (Å²) in [7, 11) is 0. The molecule has 0 aliphatic heterocycles. The Morgan fingerprint density at radius 3 is 2.90 bits per heavy atom. The number of aliphatic hydroxyl groups excluding tert-OH is 1. The number of thiophene rings is 1. The van der Waals surface area contributed by atoms with Crippen molar-refractivity contribution in [1.82, 2.24) is 10.5 Å². The summed E-state index contributed by atoms with van der Waals surface area (Å²) in [5.41, 5.74) is 1.46. The first-order valence-corrected chi connectivity index (χ1v) is 7.91. The molecule has 0 saturated heterocycles. The number of amides is 1. The molecule has 2 heterocycles. The minimum atomic E-state index is -0.269. The SMILES string of the molecule is CC(C)c1cc(C(=O)NC[C@H](CO)Cc2ccsc2)no1. The van der Waals surface area contributed by atoms with Gasteiger partial charge in [-0.2, -0.15) is 11.3 Å². The van der Waals surface area contributed by atoms with E-state index in [0.29, 0.717) is 12.3 Å². The summed E-state index contributed by atoms with van der Waals surface area (Å²) in [4.78, 5) is 12.0. The average Bonchev–Trinajstić information content (AvgIpc) is 3.13. The van der Waals surface area contributed by atoms with Crippen LogP contribution in [0, 0.1) is 5.92 Å². The number of rotatable bonds is 7. The number of carbonyl (C=O) groups excluding carboxylic acids is 1. The van der Waals surface area contributed by atoms with Crippen molar-refractivity contribution in [3.05, 3.63) is 39.9 Å². The van der Waals surface area contributed by atoms with Crippen LogP contribution >= 0.6 is 11.3 Å². The molecule has 0 aliphatic carbocycles. The van der Waals surface area contributed by atoms with Gasteiger partial charge in [-0.3, -0.25) is 4.79 Å². The standard InChI is InChI=1S/C15H20N2O3S/c1-10(2)14-6-13(17-20-14)15(19)16-7-12(8-18)5-11-3-4-21-9-11/h3-4,6,9-10,12,18H,5,7-8H2,1-2H3,(H,16,19)/t12-/m1/s1. The molecule has 0 fully saturated rings. The number of hydrogen-bond acceptors (Lipinski definition) is 5. The number of carbonyl (C=O) groups is 1. The second-order valence-electron chi connectivity index (χ2n) is 5.36. The van der Waals surface area contributed by atoms with Crippen molar-refractivity contribution in [3.63, 3.8) is 0 Å². The van der Waals surface area contributed by atoms with Crippen LogP contribution in [0.25, 0.3) is 0 Å². The van der Waals surface area contributed by atoms with Gasteiger partial charge in [0.2, 0.25) is 0 Å². The van der Waals surface area contributed by atoms with Gasteiger partial charge < -0.3 is 14.9 Å². The van der Waals surface area contributed by atoms with E-state index in [1.807, 2.05) is 25.3 Å². The molecule has 2 N–H and O–H groups in total. The van der Waals surface area contributed by atoms with Gasteiger partial charge in [0, 0.05) is 31.1 Å². The first kappa shape index (κ1) is 15.7. The fourth-order valence-electron chi connectivity index (χ4n) is 1.94. The van der Waals surface area contributed by atoms with Crippen molar-refractivity contribution in [1.29, 1.82) is 0 Å². The first-order chi connectivity index (χ1) is 10.1. The lowest BCUT2D eigenvalue weighted by molar-refractivity contribution is 0.0930. The summed E-state index contributed by atoms with van der Waals surface area (Å²) in [6.07, 6.45) is 0.746. The van der Waals surface area contributed by atoms with Crippen LogP contribution in [0.15, 0.2) is 27.4 Å². The fourth-order valence-corrected chi connectivity index (χ4v) is 2.62. The highest BCUT2D eigenvalue weighted by Crippen LogP contribution is 2.15. The number of aliphatic hydroxyl groups is 1. The van der Waals surface area contributed by atoms with Crippen LogP contribution in [0.3, 0.4) is 0 Å². The van der Waals surface area contributed by atoms with Gasteiger partial charge in [0.25, 0.3) is 5.91 Å². The van der Waals surface area contributed by atoms with Crippen molar-refractivity contribution in [2.75, 3.05) is 13.2 Å². The number of nitrogens with zero attached hydrogens (tertiary/aromatic N) is 1. The van der Waals surface area contributed by atoms with Gasteiger partial charge in [0.1, 0.15) is 5.76 Å². The van der Waals surface area contributed by atoms with Gasteiger partial charge in [-0.05, 0) is 28.8 Å². The molecule has 0 radical (unpaired) electrons. The Labute approximate surface area is 128 Å². The van der Waals surface area contributed by atoms with Crippen molar-refractivity contribution < 1.29 is 14.4 Å². The average molecular weight is 308 g/mol. The Bertz CT molecular complexity index is 563. The topological polar surface area (TPSA) is 75.4 Å². The highest BCUT2D eigenvalue weighted by atomic mass is 32.1. The summed E-state index contributed by atoms with van der Waals surface area (Å²) >= 11 is 1.63. The number of aromatic nitrogens is 1. The summed E-state index contributed by atoms with van der Waals surface area (Å²) < 4.78 is 5.11. The minimum Gasteiger partial charge on any atom is -0.396 e. The zero-order valence-corrected chi connectivity index (χ0v) is 13.0. The Morgan fingerprint density at radius 1 is 1.52 bits per heavy atom. The fraction of sp³-hybridized carbons (Fsp3) is 0.467. The highest BCUT2D eigenvalue weighted by molar-refractivity contribution is 7.07. The maximum atomic E-state index is 12.0. The third-order valence-electron chi connectivity index (χ3n) is 3.24. The Hall–Kier alpha value is -1.66. The predicted octanol–water partition coefficient (Wildman–Crippen LogP) is 2.44. The molecule has 6 heteroatoms. The van der Waals surface area contributed by atoms with E-state index in [2.05, 4.69) is 15.9 Å². The molecule has 0 aromatic carbocycles. The third-order valence-corrected chi connectivity index (χ3v) is 3.98. The number of nitrogens with one attached hydrogen (secondary N) is 1.